The predicted octanol–water partition coefficient (Wildman–Crippen LogP) is 3.33. The van der Waals surface area contributed by atoms with E-state index < -0.39 is 5.60 Å². The van der Waals surface area contributed by atoms with Crippen LogP contribution in [0.1, 0.15) is 36.0 Å². The SMILES string of the molecule is Cc1ccc(C(C)(O)CNC(=O)CCc2c[nH]c3c(C)cccc23)o1. The van der Waals surface area contributed by atoms with E-state index in [1.54, 1.807) is 19.1 Å². The second-order valence-corrected chi connectivity index (χ2v) is 6.77. The van der Waals surface area contributed by atoms with Gasteiger partial charge in [-0.15, -0.1) is 0 Å². The van der Waals surface area contributed by atoms with Crippen molar-refractivity contribution in [2.75, 3.05) is 6.54 Å². The molecule has 5 nitrogen and oxygen atoms in total. The van der Waals surface area contributed by atoms with Gasteiger partial charge in [-0.2, -0.15) is 0 Å². The molecule has 3 aromatic rings. The number of furan rings is 1. The van der Waals surface area contributed by atoms with E-state index in [0.717, 1.165) is 22.2 Å². The van der Waals surface area contributed by atoms with Gasteiger partial charge in [-0.25, -0.2) is 0 Å². The van der Waals surface area contributed by atoms with Crippen LogP contribution < -0.4 is 5.32 Å². The smallest absolute Gasteiger partial charge is 0.220 e. The Bertz CT molecular complexity index is 889. The fourth-order valence-electron chi connectivity index (χ4n) is 2.99. The van der Waals surface area contributed by atoms with Gasteiger partial charge in [0.05, 0.1) is 6.54 Å². The highest BCUT2D eigenvalue weighted by Gasteiger charge is 2.27. The van der Waals surface area contributed by atoms with Crippen LogP contribution in [-0.4, -0.2) is 22.5 Å². The zero-order valence-electron chi connectivity index (χ0n) is 14.8. The summed E-state index contributed by atoms with van der Waals surface area (Å²) < 4.78 is 5.45. The van der Waals surface area contributed by atoms with Crippen LogP contribution in [-0.2, 0) is 16.8 Å². The van der Waals surface area contributed by atoms with Crippen molar-refractivity contribution in [3.63, 3.8) is 0 Å². The predicted molar refractivity (Wildman–Crippen MR) is 97.4 cm³/mol. The first-order chi connectivity index (χ1) is 11.9. The number of H-pyrrole nitrogens is 1. The van der Waals surface area contributed by atoms with Gasteiger partial charge in [0.25, 0.3) is 0 Å². The van der Waals surface area contributed by atoms with Gasteiger partial charge in [0.1, 0.15) is 17.1 Å². The number of para-hydroxylation sites is 1. The lowest BCUT2D eigenvalue weighted by Crippen LogP contribution is -2.38. The molecule has 0 saturated carbocycles. The number of aliphatic hydroxyl groups is 1. The van der Waals surface area contributed by atoms with E-state index >= 15 is 0 Å². The Hall–Kier alpha value is -2.53. The lowest BCUT2D eigenvalue weighted by molar-refractivity contribution is -0.122. The molecule has 2 aromatic heterocycles. The van der Waals surface area contributed by atoms with Crippen molar-refractivity contribution < 1.29 is 14.3 Å². The van der Waals surface area contributed by atoms with E-state index in [1.165, 1.54) is 5.56 Å². The second kappa shape index (κ2) is 6.76. The molecule has 0 bridgehead atoms. The van der Waals surface area contributed by atoms with Crippen molar-refractivity contribution in [3.05, 3.63) is 59.2 Å². The molecular formula is C20H24N2O3. The molecule has 2 heterocycles. The van der Waals surface area contributed by atoms with E-state index in [-0.39, 0.29) is 12.5 Å². The highest BCUT2D eigenvalue weighted by molar-refractivity contribution is 5.86. The molecule has 1 aromatic carbocycles. The third kappa shape index (κ3) is 3.77. The Morgan fingerprint density at radius 2 is 2.08 bits per heavy atom. The van der Waals surface area contributed by atoms with E-state index in [4.69, 9.17) is 4.42 Å². The van der Waals surface area contributed by atoms with Crippen molar-refractivity contribution in [2.24, 2.45) is 0 Å². The number of fused-ring (bicyclic) bond motifs is 1. The fraction of sp³-hybridized carbons (Fsp3) is 0.350. The van der Waals surface area contributed by atoms with Gasteiger partial charge in [0.15, 0.2) is 0 Å². The Balaban J connectivity index is 1.57. The minimum Gasteiger partial charge on any atom is -0.463 e. The summed E-state index contributed by atoms with van der Waals surface area (Å²) in [6, 6.07) is 9.68. The van der Waals surface area contributed by atoms with Crippen molar-refractivity contribution in [3.8, 4) is 0 Å². The molecule has 0 fully saturated rings. The first kappa shape index (κ1) is 17.3. The van der Waals surface area contributed by atoms with Crippen LogP contribution in [0, 0.1) is 13.8 Å². The quantitative estimate of drug-likeness (QED) is 0.644. The number of aromatic nitrogens is 1. The van der Waals surface area contributed by atoms with Crippen LogP contribution in [0.2, 0.25) is 0 Å². The summed E-state index contributed by atoms with van der Waals surface area (Å²) in [5, 5.41) is 14.4. The second-order valence-electron chi connectivity index (χ2n) is 6.77. The van der Waals surface area contributed by atoms with E-state index in [9.17, 15) is 9.90 Å². The Kier molecular flexibility index (Phi) is 4.68. The number of rotatable bonds is 6. The number of benzene rings is 1. The van der Waals surface area contributed by atoms with E-state index in [0.29, 0.717) is 18.6 Å². The average molecular weight is 340 g/mol. The number of carbonyl (C=O) groups excluding carboxylic acids is 1. The van der Waals surface area contributed by atoms with Crippen molar-refractivity contribution in [1.29, 1.82) is 0 Å². The average Bonchev–Trinajstić information content (AvgIpc) is 3.19. The van der Waals surface area contributed by atoms with Gasteiger partial charge in [-0.3, -0.25) is 4.79 Å². The summed E-state index contributed by atoms with van der Waals surface area (Å²) in [6.07, 6.45) is 2.98. The fourth-order valence-corrected chi connectivity index (χ4v) is 2.99. The van der Waals surface area contributed by atoms with Gasteiger partial charge in [-0.1, -0.05) is 18.2 Å². The van der Waals surface area contributed by atoms with Gasteiger partial charge >= 0.3 is 0 Å². The van der Waals surface area contributed by atoms with Crippen LogP contribution in [0.25, 0.3) is 10.9 Å². The largest absolute Gasteiger partial charge is 0.463 e. The van der Waals surface area contributed by atoms with Gasteiger partial charge in [0, 0.05) is 23.5 Å². The molecule has 5 heteroatoms. The summed E-state index contributed by atoms with van der Waals surface area (Å²) in [6.45, 7) is 5.63. The van der Waals surface area contributed by atoms with Gasteiger partial charge in [-0.05, 0) is 50.5 Å². The minimum absolute atomic E-state index is 0.0921. The maximum atomic E-state index is 12.2. The molecule has 3 N–H and O–H groups in total. The lowest BCUT2D eigenvalue weighted by Gasteiger charge is -2.21. The molecule has 132 valence electrons. The molecule has 0 aliphatic carbocycles. The summed E-state index contributed by atoms with van der Waals surface area (Å²) in [7, 11) is 0. The Labute approximate surface area is 147 Å². The highest BCUT2D eigenvalue weighted by atomic mass is 16.4. The first-order valence-corrected chi connectivity index (χ1v) is 8.48. The van der Waals surface area contributed by atoms with Gasteiger partial charge in [0.2, 0.25) is 5.91 Å². The number of hydrogen-bond donors (Lipinski definition) is 3. The third-order valence-electron chi connectivity index (χ3n) is 4.53. The molecule has 0 radical (unpaired) electrons. The summed E-state index contributed by atoms with van der Waals surface area (Å²) in [5.41, 5.74) is 2.22. The first-order valence-electron chi connectivity index (χ1n) is 8.48. The van der Waals surface area contributed by atoms with Crippen LogP contribution >= 0.6 is 0 Å². The molecular weight excluding hydrogens is 316 g/mol. The van der Waals surface area contributed by atoms with Crippen LogP contribution in [0.15, 0.2) is 40.9 Å². The van der Waals surface area contributed by atoms with Crippen molar-refractivity contribution >= 4 is 16.8 Å². The molecule has 25 heavy (non-hydrogen) atoms. The maximum absolute atomic E-state index is 12.2. The Morgan fingerprint density at radius 1 is 1.28 bits per heavy atom. The summed E-state index contributed by atoms with van der Waals surface area (Å²) in [5.74, 6) is 1.10. The zero-order valence-corrected chi connectivity index (χ0v) is 14.8. The summed E-state index contributed by atoms with van der Waals surface area (Å²) >= 11 is 0. The normalized spacial score (nSPS) is 13.8. The molecule has 0 saturated heterocycles. The van der Waals surface area contributed by atoms with Crippen LogP contribution in [0.3, 0.4) is 0 Å². The maximum Gasteiger partial charge on any atom is 0.220 e. The standard InChI is InChI=1S/C20H24N2O3/c1-13-5-4-6-16-15(11-21-19(13)16)8-10-18(23)22-12-20(3,24)17-9-7-14(2)25-17/h4-7,9,11,21,24H,8,10,12H2,1-3H3,(H,22,23). The van der Waals surface area contributed by atoms with Gasteiger partial charge < -0.3 is 19.8 Å². The molecule has 1 amide bonds. The molecule has 1 atom stereocenters. The Morgan fingerprint density at radius 3 is 2.80 bits per heavy atom. The molecule has 1 unspecified atom stereocenters. The molecule has 3 rings (SSSR count). The third-order valence-corrected chi connectivity index (χ3v) is 4.53. The topological polar surface area (TPSA) is 78.3 Å². The lowest BCUT2D eigenvalue weighted by atomic mass is 10.0. The number of nitrogens with one attached hydrogen (secondary N) is 2. The monoisotopic (exact) mass is 340 g/mol. The van der Waals surface area contributed by atoms with E-state index in [2.05, 4.69) is 29.4 Å². The number of hydrogen-bond acceptors (Lipinski definition) is 3. The van der Waals surface area contributed by atoms with Crippen LogP contribution in [0.4, 0.5) is 0 Å². The molecule has 0 aliphatic rings. The highest BCUT2D eigenvalue weighted by Crippen LogP contribution is 2.23. The zero-order chi connectivity index (χ0) is 18.0. The number of amides is 1. The summed E-state index contributed by atoms with van der Waals surface area (Å²) in [4.78, 5) is 15.4. The van der Waals surface area contributed by atoms with Crippen molar-refractivity contribution in [2.45, 2.75) is 39.2 Å². The molecule has 0 spiro atoms. The van der Waals surface area contributed by atoms with Crippen molar-refractivity contribution in [1.82, 2.24) is 10.3 Å². The number of carbonyl (C=O) groups is 1. The molecule has 0 aliphatic heterocycles. The number of aromatic amines is 1. The number of aryl methyl sites for hydroxylation is 3. The van der Waals surface area contributed by atoms with Crippen LogP contribution in [0.5, 0.6) is 0 Å². The minimum atomic E-state index is -1.22. The van der Waals surface area contributed by atoms with E-state index in [1.807, 2.05) is 19.2 Å².